The van der Waals surface area contributed by atoms with Crippen LogP contribution in [-0.4, -0.2) is 15.9 Å². The van der Waals surface area contributed by atoms with E-state index in [9.17, 15) is 18.0 Å². The Hall–Kier alpha value is -3.60. The number of nitrogens with zero attached hydrogens (tertiary/aromatic N) is 2. The summed E-state index contributed by atoms with van der Waals surface area (Å²) in [5.74, 6) is -0.618. The molecular formula is C18H11F3N4O. The van der Waals surface area contributed by atoms with Crippen LogP contribution in [0.1, 0.15) is 11.1 Å². The topological polar surface area (TPSA) is 76.1 Å². The number of hydrogen-bond acceptors (Lipinski definition) is 2. The number of alkyl halides is 3. The molecule has 3 aromatic rings. The molecule has 2 heterocycles. The zero-order valence-corrected chi connectivity index (χ0v) is 13.1. The van der Waals surface area contributed by atoms with E-state index in [-0.39, 0.29) is 5.56 Å². The number of carbonyl (C=O) groups is 1. The van der Waals surface area contributed by atoms with E-state index >= 15 is 0 Å². The van der Waals surface area contributed by atoms with Crippen LogP contribution in [-0.2, 0) is 11.0 Å². The molecular weight excluding hydrogens is 345 g/mol. The summed E-state index contributed by atoms with van der Waals surface area (Å²) in [4.78, 5) is 20.9. The zero-order chi connectivity index (χ0) is 18.9. The molecule has 1 aromatic carbocycles. The highest BCUT2D eigenvalue weighted by Gasteiger charge is 2.33. The van der Waals surface area contributed by atoms with Crippen molar-refractivity contribution < 1.29 is 18.0 Å². The van der Waals surface area contributed by atoms with Gasteiger partial charge in [-0.05, 0) is 17.7 Å². The van der Waals surface area contributed by atoms with Crippen LogP contribution in [0, 0.1) is 6.57 Å². The van der Waals surface area contributed by atoms with Gasteiger partial charge in [-0.15, -0.1) is 0 Å². The van der Waals surface area contributed by atoms with Crippen LogP contribution in [0.5, 0.6) is 0 Å². The number of primary amides is 1. The number of pyridine rings is 1. The van der Waals surface area contributed by atoms with Crippen molar-refractivity contribution in [3.8, 4) is 11.1 Å². The highest BCUT2D eigenvalue weighted by Crippen LogP contribution is 2.39. The lowest BCUT2D eigenvalue weighted by Crippen LogP contribution is -2.05. The van der Waals surface area contributed by atoms with Crippen molar-refractivity contribution in [2.75, 3.05) is 0 Å². The first-order valence-electron chi connectivity index (χ1n) is 7.33. The van der Waals surface area contributed by atoms with Crippen LogP contribution in [0.2, 0.25) is 0 Å². The maximum absolute atomic E-state index is 13.2. The molecule has 2 aromatic heterocycles. The van der Waals surface area contributed by atoms with Gasteiger partial charge in [0.15, 0.2) is 5.69 Å². The van der Waals surface area contributed by atoms with Gasteiger partial charge in [0.05, 0.1) is 12.1 Å². The van der Waals surface area contributed by atoms with E-state index in [2.05, 4.69) is 14.8 Å². The van der Waals surface area contributed by atoms with Crippen molar-refractivity contribution >= 4 is 28.7 Å². The minimum Gasteiger partial charge on any atom is -0.366 e. The fourth-order valence-corrected chi connectivity index (χ4v) is 2.53. The van der Waals surface area contributed by atoms with E-state index in [0.717, 1.165) is 12.1 Å². The summed E-state index contributed by atoms with van der Waals surface area (Å²) in [6.07, 6.45) is 1.10. The Morgan fingerprint density at radius 2 is 2.04 bits per heavy atom. The Morgan fingerprint density at radius 1 is 1.27 bits per heavy atom. The van der Waals surface area contributed by atoms with Gasteiger partial charge in [-0.25, -0.2) is 9.83 Å². The Labute approximate surface area is 145 Å². The van der Waals surface area contributed by atoms with E-state index in [1.807, 2.05) is 0 Å². The number of hydrogen-bond donors (Lipinski definition) is 2. The van der Waals surface area contributed by atoms with Crippen molar-refractivity contribution in [2.45, 2.75) is 6.18 Å². The third kappa shape index (κ3) is 3.28. The molecule has 0 aliphatic heterocycles. The highest BCUT2D eigenvalue weighted by atomic mass is 19.4. The summed E-state index contributed by atoms with van der Waals surface area (Å²) in [5.41, 5.74) is 5.51. The van der Waals surface area contributed by atoms with Gasteiger partial charge >= 0.3 is 6.18 Å². The van der Waals surface area contributed by atoms with Gasteiger partial charge in [0.1, 0.15) is 5.65 Å². The molecule has 130 valence electrons. The third-order valence-electron chi connectivity index (χ3n) is 3.75. The maximum atomic E-state index is 13.2. The third-order valence-corrected chi connectivity index (χ3v) is 3.75. The average molecular weight is 356 g/mol. The minimum absolute atomic E-state index is 0.283. The second-order valence-corrected chi connectivity index (χ2v) is 5.44. The van der Waals surface area contributed by atoms with Crippen molar-refractivity contribution in [3.05, 3.63) is 65.3 Å². The monoisotopic (exact) mass is 356 g/mol. The number of rotatable bonds is 3. The molecule has 0 saturated carbocycles. The summed E-state index contributed by atoms with van der Waals surface area (Å²) in [6, 6.07) is 5.17. The summed E-state index contributed by atoms with van der Waals surface area (Å²) in [5, 5.41) is 0.628. The number of amides is 1. The van der Waals surface area contributed by atoms with Crippen LogP contribution >= 0.6 is 0 Å². The lowest BCUT2D eigenvalue weighted by Gasteiger charge is -2.11. The lowest BCUT2D eigenvalue weighted by atomic mass is 10.0. The predicted molar refractivity (Wildman–Crippen MR) is 91.0 cm³/mol. The van der Waals surface area contributed by atoms with Gasteiger partial charge in [0.2, 0.25) is 5.91 Å². The molecule has 0 aliphatic carbocycles. The molecule has 26 heavy (non-hydrogen) atoms. The van der Waals surface area contributed by atoms with Crippen molar-refractivity contribution in [3.63, 3.8) is 0 Å². The molecule has 0 bridgehead atoms. The minimum atomic E-state index is -4.63. The molecule has 1 amide bonds. The van der Waals surface area contributed by atoms with Crippen molar-refractivity contribution in [2.24, 2.45) is 5.73 Å². The number of fused-ring (bicyclic) bond motifs is 1. The first-order chi connectivity index (χ1) is 12.3. The van der Waals surface area contributed by atoms with Gasteiger partial charge in [-0.3, -0.25) is 4.79 Å². The smallest absolute Gasteiger partial charge is 0.366 e. The number of nitrogens with one attached hydrogen (secondary N) is 1. The first-order valence-corrected chi connectivity index (χ1v) is 7.33. The van der Waals surface area contributed by atoms with Gasteiger partial charge < -0.3 is 10.7 Å². The molecule has 0 aliphatic rings. The largest absolute Gasteiger partial charge is 0.407 e. The highest BCUT2D eigenvalue weighted by molar-refractivity contribution is 5.95. The molecule has 0 fully saturated rings. The van der Waals surface area contributed by atoms with Gasteiger partial charge in [0.25, 0.3) is 0 Å². The van der Waals surface area contributed by atoms with E-state index < -0.39 is 23.3 Å². The van der Waals surface area contributed by atoms with E-state index in [4.69, 9.17) is 12.3 Å². The van der Waals surface area contributed by atoms with E-state index in [1.165, 1.54) is 24.4 Å². The van der Waals surface area contributed by atoms with Crippen LogP contribution in [0.4, 0.5) is 18.9 Å². The van der Waals surface area contributed by atoms with Gasteiger partial charge in [0, 0.05) is 35.0 Å². The summed E-state index contributed by atoms with van der Waals surface area (Å²) in [7, 11) is 0. The number of halogens is 3. The molecule has 0 spiro atoms. The summed E-state index contributed by atoms with van der Waals surface area (Å²) < 4.78 is 39.5. The number of carbonyl (C=O) groups excluding carboxylic acids is 1. The van der Waals surface area contributed by atoms with Crippen LogP contribution < -0.4 is 5.73 Å². The average Bonchev–Trinajstić information content (AvgIpc) is 3.00. The molecule has 3 N–H and O–H groups in total. The molecule has 5 nitrogen and oxygen atoms in total. The van der Waals surface area contributed by atoms with E-state index in [1.54, 1.807) is 12.3 Å². The first kappa shape index (κ1) is 17.2. The Balaban J connectivity index is 2.13. The number of aromatic nitrogens is 2. The number of aromatic amines is 1. The SMILES string of the molecule is [C-]#[N+]c1ccc(-c2cnc3[nH]cc(/C=C/C(N)=O)c3c2)cc1C(F)(F)F. The Morgan fingerprint density at radius 3 is 2.69 bits per heavy atom. The summed E-state index contributed by atoms with van der Waals surface area (Å²) >= 11 is 0. The van der Waals surface area contributed by atoms with Gasteiger partial charge in [-0.1, -0.05) is 18.2 Å². The second-order valence-electron chi connectivity index (χ2n) is 5.44. The Bertz CT molecular complexity index is 1070. The standard InChI is InChI=1S/C18H11F3N4O/c1-23-15-4-2-10(7-14(15)18(19,20)21)12-6-13-11(3-5-16(22)26)8-24-17(13)25-9-12/h2-9H,(H2,22,26)(H,24,25)/b5-3+. The molecule has 0 radical (unpaired) electrons. The fraction of sp³-hybridized carbons (Fsp3) is 0.0556. The van der Waals surface area contributed by atoms with Crippen LogP contribution in [0.25, 0.3) is 33.1 Å². The van der Waals surface area contributed by atoms with Crippen molar-refractivity contribution in [1.82, 2.24) is 9.97 Å². The Kier molecular flexibility index (Phi) is 4.22. The predicted octanol–water partition coefficient (Wildman–Crippen LogP) is 4.30. The number of nitrogens with two attached hydrogens (primary N) is 1. The second kappa shape index (κ2) is 6.37. The van der Waals surface area contributed by atoms with Gasteiger partial charge in [-0.2, -0.15) is 13.2 Å². The molecule has 0 atom stereocenters. The van der Waals surface area contributed by atoms with E-state index in [0.29, 0.717) is 22.2 Å². The quantitative estimate of drug-likeness (QED) is 0.542. The molecule has 3 rings (SSSR count). The molecule has 8 heteroatoms. The normalized spacial score (nSPS) is 11.8. The number of H-pyrrole nitrogens is 1. The maximum Gasteiger partial charge on any atom is 0.407 e. The lowest BCUT2D eigenvalue weighted by molar-refractivity contribution is -0.136. The fourth-order valence-electron chi connectivity index (χ4n) is 2.53. The molecule has 0 unspecified atom stereocenters. The number of benzene rings is 1. The zero-order valence-electron chi connectivity index (χ0n) is 13.1. The van der Waals surface area contributed by atoms with Crippen molar-refractivity contribution in [1.29, 1.82) is 0 Å². The van der Waals surface area contributed by atoms with Crippen LogP contribution in [0.15, 0.2) is 42.7 Å². The van der Waals surface area contributed by atoms with Crippen LogP contribution in [0.3, 0.4) is 0 Å². The molecule has 0 saturated heterocycles. The summed E-state index contributed by atoms with van der Waals surface area (Å²) in [6.45, 7) is 6.90.